The number of aromatic nitrogens is 2. The first-order chi connectivity index (χ1) is 14.4. The standard InChI is InChI=1S/C20H17N3O6S/c1-3-28-20(27)12-8-30-18-16(12)19(26)23(9-21-18)7-14(24)11-4-5-15-13(6-11)22-17(25)10(2)29-15/h4-6,8-10H,3,7H2,1-2H3,(H,22,25). The summed E-state index contributed by atoms with van der Waals surface area (Å²) < 4.78 is 11.6. The molecule has 30 heavy (non-hydrogen) atoms. The summed E-state index contributed by atoms with van der Waals surface area (Å²) in [5.41, 5.74) is 0.336. The number of esters is 1. The molecule has 1 aliphatic heterocycles. The number of ketones is 1. The van der Waals surface area contributed by atoms with Gasteiger partial charge in [-0.2, -0.15) is 0 Å². The molecule has 0 bridgehead atoms. The molecule has 0 spiro atoms. The van der Waals surface area contributed by atoms with Crippen molar-refractivity contribution in [3.63, 3.8) is 0 Å². The fourth-order valence-corrected chi connectivity index (χ4v) is 3.93. The molecule has 0 saturated carbocycles. The molecule has 0 radical (unpaired) electrons. The number of fused-ring (bicyclic) bond motifs is 2. The minimum absolute atomic E-state index is 0.133. The van der Waals surface area contributed by atoms with Gasteiger partial charge in [0.15, 0.2) is 11.9 Å². The van der Waals surface area contributed by atoms with E-state index in [0.717, 1.165) is 15.9 Å². The molecule has 2 aromatic heterocycles. The van der Waals surface area contributed by atoms with E-state index < -0.39 is 17.6 Å². The van der Waals surface area contributed by atoms with Gasteiger partial charge >= 0.3 is 5.97 Å². The smallest absolute Gasteiger partial charge is 0.339 e. The summed E-state index contributed by atoms with van der Waals surface area (Å²) in [5.74, 6) is -0.800. The van der Waals surface area contributed by atoms with Crippen LogP contribution in [-0.2, 0) is 16.1 Å². The lowest BCUT2D eigenvalue weighted by Gasteiger charge is -2.23. The van der Waals surface area contributed by atoms with E-state index in [2.05, 4.69) is 10.3 Å². The Morgan fingerprint density at radius 3 is 2.90 bits per heavy atom. The molecule has 3 heterocycles. The van der Waals surface area contributed by atoms with Gasteiger partial charge in [-0.25, -0.2) is 9.78 Å². The molecule has 0 saturated heterocycles. The lowest BCUT2D eigenvalue weighted by Crippen LogP contribution is -2.34. The Bertz CT molecular complexity index is 1250. The van der Waals surface area contributed by atoms with E-state index in [1.807, 2.05) is 0 Å². The molecule has 9 nitrogen and oxygen atoms in total. The van der Waals surface area contributed by atoms with Crippen LogP contribution in [0, 0.1) is 0 Å². The van der Waals surface area contributed by atoms with E-state index >= 15 is 0 Å². The normalized spacial score (nSPS) is 15.3. The second kappa shape index (κ2) is 7.71. The van der Waals surface area contributed by atoms with Gasteiger partial charge in [0.25, 0.3) is 11.5 Å². The zero-order valence-corrected chi connectivity index (χ0v) is 16.9. The van der Waals surface area contributed by atoms with Crippen LogP contribution < -0.4 is 15.6 Å². The highest BCUT2D eigenvalue weighted by atomic mass is 32.1. The molecule has 1 N–H and O–H groups in total. The van der Waals surface area contributed by atoms with Gasteiger partial charge < -0.3 is 14.8 Å². The average Bonchev–Trinajstić information content (AvgIpc) is 3.16. The first-order valence-corrected chi connectivity index (χ1v) is 10.1. The Morgan fingerprint density at radius 2 is 2.13 bits per heavy atom. The summed E-state index contributed by atoms with van der Waals surface area (Å²) in [5, 5.41) is 4.34. The van der Waals surface area contributed by atoms with E-state index in [1.54, 1.807) is 26.0 Å². The van der Waals surface area contributed by atoms with Crippen LogP contribution in [0.25, 0.3) is 10.2 Å². The summed E-state index contributed by atoms with van der Waals surface area (Å²) in [6, 6.07) is 4.67. The van der Waals surface area contributed by atoms with Crippen molar-refractivity contribution in [2.75, 3.05) is 11.9 Å². The quantitative estimate of drug-likeness (QED) is 0.490. The number of hydrogen-bond donors (Lipinski definition) is 1. The highest BCUT2D eigenvalue weighted by Crippen LogP contribution is 2.30. The first-order valence-electron chi connectivity index (χ1n) is 9.17. The maximum atomic E-state index is 12.9. The number of carbonyl (C=O) groups is 3. The van der Waals surface area contributed by atoms with Gasteiger partial charge in [-0.1, -0.05) is 0 Å². The first kappa shape index (κ1) is 19.8. The minimum atomic E-state index is -0.616. The zero-order chi connectivity index (χ0) is 21.4. The van der Waals surface area contributed by atoms with Crippen LogP contribution >= 0.6 is 11.3 Å². The average molecular weight is 427 g/mol. The Morgan fingerprint density at radius 1 is 1.33 bits per heavy atom. The molecule has 4 rings (SSSR count). The van der Waals surface area contributed by atoms with E-state index in [9.17, 15) is 19.2 Å². The van der Waals surface area contributed by atoms with Crippen LogP contribution in [0.3, 0.4) is 0 Å². The molecule has 1 amide bonds. The number of hydrogen-bond acceptors (Lipinski definition) is 8. The molecule has 3 aromatic rings. The molecule has 10 heteroatoms. The number of rotatable bonds is 5. The fraction of sp³-hybridized carbons (Fsp3) is 0.250. The topological polar surface area (TPSA) is 117 Å². The van der Waals surface area contributed by atoms with Gasteiger partial charge in [0.05, 0.1) is 36.1 Å². The summed E-state index contributed by atoms with van der Waals surface area (Å²) in [7, 11) is 0. The summed E-state index contributed by atoms with van der Waals surface area (Å²) >= 11 is 1.16. The Kier molecular flexibility index (Phi) is 5.08. The molecular weight excluding hydrogens is 410 g/mol. The molecule has 0 fully saturated rings. The predicted molar refractivity (Wildman–Crippen MR) is 109 cm³/mol. The van der Waals surface area contributed by atoms with Crippen molar-refractivity contribution < 1.29 is 23.9 Å². The zero-order valence-electron chi connectivity index (χ0n) is 16.1. The van der Waals surface area contributed by atoms with Crippen molar-refractivity contribution in [3.05, 3.63) is 51.4 Å². The third-order valence-corrected chi connectivity index (χ3v) is 5.49. The Labute approximate surface area is 174 Å². The van der Waals surface area contributed by atoms with Crippen LogP contribution in [0.1, 0.15) is 34.6 Å². The van der Waals surface area contributed by atoms with Crippen molar-refractivity contribution in [1.29, 1.82) is 0 Å². The molecule has 154 valence electrons. The number of benzene rings is 1. The SMILES string of the molecule is CCOC(=O)c1csc2ncn(CC(=O)c3ccc4c(c3)NC(=O)C(C)O4)c(=O)c12. The van der Waals surface area contributed by atoms with Crippen molar-refractivity contribution in [3.8, 4) is 5.75 Å². The van der Waals surface area contributed by atoms with Crippen LogP contribution in [-0.4, -0.2) is 39.9 Å². The van der Waals surface area contributed by atoms with E-state index in [0.29, 0.717) is 21.8 Å². The maximum absolute atomic E-state index is 12.9. The Hall–Kier alpha value is -3.53. The van der Waals surface area contributed by atoms with Gasteiger partial charge in [0.2, 0.25) is 0 Å². The van der Waals surface area contributed by atoms with E-state index in [4.69, 9.17) is 9.47 Å². The Balaban J connectivity index is 1.64. The van der Waals surface area contributed by atoms with Crippen LogP contribution in [0.15, 0.2) is 34.7 Å². The highest BCUT2D eigenvalue weighted by Gasteiger charge is 2.25. The van der Waals surface area contributed by atoms with Gasteiger partial charge in [-0.05, 0) is 32.0 Å². The van der Waals surface area contributed by atoms with Gasteiger partial charge in [-0.15, -0.1) is 11.3 Å². The summed E-state index contributed by atoms with van der Waals surface area (Å²) in [6.07, 6.45) is 0.661. The molecule has 1 aliphatic rings. The number of thiophene rings is 1. The molecule has 1 aromatic carbocycles. The van der Waals surface area contributed by atoms with Crippen LogP contribution in [0.5, 0.6) is 5.75 Å². The second-order valence-electron chi connectivity index (χ2n) is 6.61. The molecule has 1 unspecified atom stereocenters. The van der Waals surface area contributed by atoms with Gasteiger partial charge in [0, 0.05) is 10.9 Å². The van der Waals surface area contributed by atoms with E-state index in [-0.39, 0.29) is 35.8 Å². The second-order valence-corrected chi connectivity index (χ2v) is 7.47. The number of nitrogens with one attached hydrogen (secondary N) is 1. The maximum Gasteiger partial charge on any atom is 0.339 e. The van der Waals surface area contributed by atoms with E-state index in [1.165, 1.54) is 17.8 Å². The lowest BCUT2D eigenvalue weighted by atomic mass is 10.1. The van der Waals surface area contributed by atoms with Crippen molar-refractivity contribution in [1.82, 2.24) is 9.55 Å². The number of carbonyl (C=O) groups excluding carboxylic acids is 3. The third kappa shape index (κ3) is 3.45. The number of anilines is 1. The van der Waals surface area contributed by atoms with Crippen molar-refractivity contribution in [2.24, 2.45) is 0 Å². The number of amides is 1. The van der Waals surface area contributed by atoms with Crippen LogP contribution in [0.4, 0.5) is 5.69 Å². The summed E-state index contributed by atoms with van der Waals surface area (Å²) in [6.45, 7) is 3.21. The lowest BCUT2D eigenvalue weighted by molar-refractivity contribution is -0.122. The predicted octanol–water partition coefficient (Wildman–Crippen LogP) is 2.24. The third-order valence-electron chi connectivity index (χ3n) is 4.60. The van der Waals surface area contributed by atoms with Gasteiger partial charge in [0.1, 0.15) is 10.6 Å². The number of Topliss-reactive ketones (excluding diaryl/α,β-unsaturated/α-hetero) is 1. The minimum Gasteiger partial charge on any atom is -0.479 e. The monoisotopic (exact) mass is 427 g/mol. The molecule has 0 aliphatic carbocycles. The molecular formula is C20H17N3O6S. The molecule has 1 atom stereocenters. The fourth-order valence-electron chi connectivity index (χ4n) is 3.07. The highest BCUT2D eigenvalue weighted by molar-refractivity contribution is 7.17. The number of nitrogens with zero attached hydrogens (tertiary/aromatic N) is 2. The van der Waals surface area contributed by atoms with Crippen LogP contribution in [0.2, 0.25) is 0 Å². The largest absolute Gasteiger partial charge is 0.479 e. The number of ether oxygens (including phenoxy) is 2. The summed E-state index contributed by atoms with van der Waals surface area (Å²) in [4.78, 5) is 54.1. The van der Waals surface area contributed by atoms with Gasteiger partial charge in [-0.3, -0.25) is 19.0 Å². The van der Waals surface area contributed by atoms with Crippen molar-refractivity contribution in [2.45, 2.75) is 26.5 Å². The van der Waals surface area contributed by atoms with Crippen molar-refractivity contribution >= 4 is 44.9 Å².